The molecule has 0 atom stereocenters. The van der Waals surface area contributed by atoms with Crippen molar-refractivity contribution >= 4 is 40.0 Å². The molecule has 0 unspecified atom stereocenters. The molecular weight excluding hydrogens is 481 g/mol. The van der Waals surface area contributed by atoms with Gasteiger partial charge in [-0.05, 0) is 30.7 Å². The number of nitrogens with one attached hydrogen (secondary N) is 3. The molecule has 0 aliphatic rings. The van der Waals surface area contributed by atoms with Gasteiger partial charge in [-0.2, -0.15) is 0 Å². The van der Waals surface area contributed by atoms with Gasteiger partial charge in [0.1, 0.15) is 0 Å². The second-order valence-corrected chi connectivity index (χ2v) is 7.89. The summed E-state index contributed by atoms with van der Waals surface area (Å²) in [6, 6.07) is 8.65. The average Bonchev–Trinajstić information content (AvgIpc) is 3.11. The van der Waals surface area contributed by atoms with E-state index in [4.69, 9.17) is 4.52 Å². The number of hydrogen-bond donors (Lipinski definition) is 3. The van der Waals surface area contributed by atoms with Gasteiger partial charge in [0.2, 0.25) is 10.0 Å². The number of sulfonamides is 1. The van der Waals surface area contributed by atoms with Crippen molar-refractivity contribution in [2.45, 2.75) is 37.8 Å². The highest BCUT2D eigenvalue weighted by molar-refractivity contribution is 14.0. The molecule has 0 radical (unpaired) electrons. The second kappa shape index (κ2) is 10.6. The van der Waals surface area contributed by atoms with E-state index in [0.717, 1.165) is 17.0 Å². The van der Waals surface area contributed by atoms with Gasteiger partial charge < -0.3 is 15.2 Å². The maximum Gasteiger partial charge on any atom is 0.240 e. The van der Waals surface area contributed by atoms with Crippen LogP contribution in [-0.4, -0.2) is 33.6 Å². The van der Waals surface area contributed by atoms with Crippen LogP contribution in [0.25, 0.3) is 0 Å². The Kier molecular flexibility index (Phi) is 9.19. The smallest absolute Gasteiger partial charge is 0.240 e. The minimum atomic E-state index is -3.46. The highest BCUT2D eigenvalue weighted by Crippen LogP contribution is 2.14. The molecule has 1 aromatic heterocycles. The number of hydrogen-bond acceptors (Lipinski definition) is 5. The van der Waals surface area contributed by atoms with Crippen molar-refractivity contribution in [2.75, 3.05) is 14.1 Å². The van der Waals surface area contributed by atoms with Crippen LogP contribution in [0.3, 0.4) is 0 Å². The largest absolute Gasteiger partial charge is 0.359 e. The van der Waals surface area contributed by atoms with Crippen molar-refractivity contribution in [1.82, 2.24) is 20.5 Å². The molecule has 27 heavy (non-hydrogen) atoms. The summed E-state index contributed by atoms with van der Waals surface area (Å²) in [5.74, 6) is 1.61. The van der Waals surface area contributed by atoms with Crippen LogP contribution in [0.2, 0.25) is 0 Å². The Balaban J connectivity index is 0.00000364. The van der Waals surface area contributed by atoms with E-state index in [2.05, 4.69) is 39.4 Å². The Morgan fingerprint density at radius 2 is 1.93 bits per heavy atom. The van der Waals surface area contributed by atoms with Gasteiger partial charge in [0, 0.05) is 19.7 Å². The lowest BCUT2D eigenvalue weighted by molar-refractivity contribution is 0.372. The van der Waals surface area contributed by atoms with Gasteiger partial charge in [0.25, 0.3) is 0 Å². The van der Waals surface area contributed by atoms with E-state index in [1.807, 2.05) is 12.1 Å². The molecule has 2 aromatic rings. The summed E-state index contributed by atoms with van der Waals surface area (Å²) >= 11 is 0. The number of rotatable bonds is 7. The number of benzene rings is 1. The lowest BCUT2D eigenvalue weighted by Crippen LogP contribution is -2.36. The summed E-state index contributed by atoms with van der Waals surface area (Å²) in [5, 5.41) is 10.3. The highest BCUT2D eigenvalue weighted by atomic mass is 127. The monoisotopic (exact) mass is 507 g/mol. The average molecular weight is 507 g/mol. The molecular formula is C17H26IN5O3S. The lowest BCUT2D eigenvalue weighted by atomic mass is 10.1. The Bertz CT molecular complexity index is 865. The zero-order valence-corrected chi connectivity index (χ0v) is 19.0. The van der Waals surface area contributed by atoms with Crippen LogP contribution in [0.1, 0.15) is 36.8 Å². The van der Waals surface area contributed by atoms with Crippen molar-refractivity contribution in [3.63, 3.8) is 0 Å². The number of halogens is 1. The molecule has 1 aromatic carbocycles. The molecule has 0 amide bonds. The molecule has 3 N–H and O–H groups in total. The van der Waals surface area contributed by atoms with E-state index in [1.54, 1.807) is 25.2 Å². The van der Waals surface area contributed by atoms with Crippen LogP contribution in [0.5, 0.6) is 0 Å². The van der Waals surface area contributed by atoms with Crippen LogP contribution in [0, 0.1) is 0 Å². The molecule has 0 aliphatic carbocycles. The Hall–Kier alpha value is -1.66. The van der Waals surface area contributed by atoms with Crippen molar-refractivity contribution in [3.05, 3.63) is 47.3 Å². The maximum absolute atomic E-state index is 11.9. The number of aromatic nitrogens is 1. The SMILES string of the molecule is CN=C(NCc1cccc(S(=O)(=O)NC)c1)NCc1cc(C(C)C)no1.I. The van der Waals surface area contributed by atoms with Crippen LogP contribution in [0.15, 0.2) is 44.7 Å². The maximum atomic E-state index is 11.9. The molecule has 0 aliphatic heterocycles. The fourth-order valence-corrected chi connectivity index (χ4v) is 3.00. The van der Waals surface area contributed by atoms with Crippen LogP contribution < -0.4 is 15.4 Å². The zero-order valence-electron chi connectivity index (χ0n) is 15.8. The van der Waals surface area contributed by atoms with Gasteiger partial charge >= 0.3 is 0 Å². The standard InChI is InChI=1S/C17H25N5O3S.HI/c1-12(2)16-9-14(25-22-16)11-21-17(18-3)20-10-13-6-5-7-15(8-13)26(23,24)19-4;/h5-9,12,19H,10-11H2,1-4H3,(H2,18,20,21);1H. The zero-order chi connectivity index (χ0) is 19.2. The van der Waals surface area contributed by atoms with Crippen molar-refractivity contribution < 1.29 is 12.9 Å². The normalized spacial score (nSPS) is 12.0. The molecule has 0 fully saturated rings. The molecule has 150 valence electrons. The molecule has 0 bridgehead atoms. The summed E-state index contributed by atoms with van der Waals surface area (Å²) in [7, 11) is -0.406. The quantitative estimate of drug-likeness (QED) is 0.301. The van der Waals surface area contributed by atoms with Gasteiger partial charge in [-0.3, -0.25) is 4.99 Å². The topological polar surface area (TPSA) is 109 Å². The minimum absolute atomic E-state index is 0. The third-order valence-electron chi connectivity index (χ3n) is 3.76. The molecule has 2 rings (SSSR count). The summed E-state index contributed by atoms with van der Waals surface area (Å²) in [4.78, 5) is 4.38. The summed E-state index contributed by atoms with van der Waals surface area (Å²) in [5.41, 5.74) is 1.73. The molecule has 0 saturated carbocycles. The van der Waals surface area contributed by atoms with Crippen LogP contribution in [-0.2, 0) is 23.1 Å². The van der Waals surface area contributed by atoms with Crippen molar-refractivity contribution in [3.8, 4) is 0 Å². The summed E-state index contributed by atoms with van der Waals surface area (Å²) < 4.78 is 31.3. The van der Waals surface area contributed by atoms with E-state index >= 15 is 0 Å². The van der Waals surface area contributed by atoms with E-state index in [-0.39, 0.29) is 28.9 Å². The predicted molar refractivity (Wildman–Crippen MR) is 116 cm³/mol. The fourth-order valence-electron chi connectivity index (χ4n) is 2.20. The molecule has 0 saturated heterocycles. The third kappa shape index (κ3) is 6.78. The van der Waals surface area contributed by atoms with Crippen molar-refractivity contribution in [2.24, 2.45) is 4.99 Å². The molecule has 0 spiro atoms. The first-order valence-electron chi connectivity index (χ1n) is 8.28. The molecule has 10 heteroatoms. The van der Waals surface area contributed by atoms with E-state index in [9.17, 15) is 8.42 Å². The molecule has 1 heterocycles. The van der Waals surface area contributed by atoms with Gasteiger partial charge in [-0.1, -0.05) is 31.1 Å². The first-order chi connectivity index (χ1) is 12.4. The predicted octanol–water partition coefficient (Wildman–Crippen LogP) is 2.19. The van der Waals surface area contributed by atoms with Crippen LogP contribution in [0.4, 0.5) is 0 Å². The van der Waals surface area contributed by atoms with Gasteiger partial charge in [0.15, 0.2) is 11.7 Å². The molecule has 8 nitrogen and oxygen atoms in total. The fraction of sp³-hybridized carbons (Fsp3) is 0.412. The van der Waals surface area contributed by atoms with E-state index < -0.39 is 10.0 Å². The van der Waals surface area contributed by atoms with Gasteiger partial charge in [-0.25, -0.2) is 13.1 Å². The lowest BCUT2D eigenvalue weighted by Gasteiger charge is -2.11. The second-order valence-electron chi connectivity index (χ2n) is 6.01. The number of guanidine groups is 1. The van der Waals surface area contributed by atoms with Crippen LogP contribution >= 0.6 is 24.0 Å². The number of aliphatic imine (C=N–C) groups is 1. The first-order valence-corrected chi connectivity index (χ1v) is 9.76. The van der Waals surface area contributed by atoms with E-state index in [1.165, 1.54) is 7.05 Å². The Morgan fingerprint density at radius 3 is 2.52 bits per heavy atom. The Labute approximate surface area is 177 Å². The summed E-state index contributed by atoms with van der Waals surface area (Å²) in [6.07, 6.45) is 0. The minimum Gasteiger partial charge on any atom is -0.359 e. The third-order valence-corrected chi connectivity index (χ3v) is 5.17. The van der Waals surface area contributed by atoms with Gasteiger partial charge in [0.05, 0.1) is 17.1 Å². The van der Waals surface area contributed by atoms with Gasteiger partial charge in [-0.15, -0.1) is 24.0 Å². The summed E-state index contributed by atoms with van der Waals surface area (Å²) in [6.45, 7) is 4.99. The highest BCUT2D eigenvalue weighted by Gasteiger charge is 2.12. The first kappa shape index (κ1) is 23.4. The Morgan fingerprint density at radius 1 is 1.22 bits per heavy atom. The number of nitrogens with zero attached hydrogens (tertiary/aromatic N) is 2. The van der Waals surface area contributed by atoms with E-state index in [0.29, 0.717) is 25.0 Å². The van der Waals surface area contributed by atoms with Crippen molar-refractivity contribution in [1.29, 1.82) is 0 Å².